The minimum atomic E-state index is -0.184. The molecule has 1 heterocycles. The van der Waals surface area contributed by atoms with Crippen molar-refractivity contribution in [2.45, 2.75) is 20.0 Å². The first-order valence-corrected chi connectivity index (χ1v) is 6.41. The number of hydrogen-bond acceptors (Lipinski definition) is 2. The zero-order chi connectivity index (χ0) is 13.4. The van der Waals surface area contributed by atoms with Crippen LogP contribution in [0.5, 0.6) is 5.75 Å². The molecule has 0 radical (unpaired) electrons. The summed E-state index contributed by atoms with van der Waals surface area (Å²) in [6, 6.07) is 11.3. The number of benzene rings is 2. The summed E-state index contributed by atoms with van der Waals surface area (Å²) in [7, 11) is 0. The van der Waals surface area contributed by atoms with E-state index in [0.717, 1.165) is 22.6 Å². The van der Waals surface area contributed by atoms with Crippen molar-refractivity contribution >= 4 is 5.69 Å². The first kappa shape index (κ1) is 12.0. The van der Waals surface area contributed by atoms with E-state index in [9.17, 15) is 4.39 Å². The Balaban J connectivity index is 1.90. The van der Waals surface area contributed by atoms with Gasteiger partial charge in [-0.25, -0.2) is 4.39 Å². The average Bonchev–Trinajstić information content (AvgIpc) is 2.41. The maximum Gasteiger partial charge on any atom is 0.143 e. The van der Waals surface area contributed by atoms with Gasteiger partial charge in [0.2, 0.25) is 0 Å². The summed E-state index contributed by atoms with van der Waals surface area (Å²) in [5.74, 6) is 0.647. The number of ether oxygens (including phenoxy) is 1. The Hall–Kier alpha value is -2.03. The van der Waals surface area contributed by atoms with Crippen molar-refractivity contribution < 1.29 is 9.13 Å². The van der Waals surface area contributed by atoms with Crippen LogP contribution >= 0.6 is 0 Å². The van der Waals surface area contributed by atoms with Crippen LogP contribution in [0.25, 0.3) is 0 Å². The van der Waals surface area contributed by atoms with Crippen molar-refractivity contribution in [1.82, 2.24) is 0 Å². The lowest BCUT2D eigenvalue weighted by Gasteiger charge is -2.28. The van der Waals surface area contributed by atoms with Crippen LogP contribution in [0.1, 0.15) is 22.8 Å². The van der Waals surface area contributed by atoms with Gasteiger partial charge < -0.3 is 10.1 Å². The molecule has 0 spiro atoms. The summed E-state index contributed by atoms with van der Waals surface area (Å²) < 4.78 is 19.6. The highest BCUT2D eigenvalue weighted by atomic mass is 19.1. The Morgan fingerprint density at radius 3 is 2.79 bits per heavy atom. The molecular weight excluding hydrogens is 241 g/mol. The van der Waals surface area contributed by atoms with Crippen LogP contribution in [0.4, 0.5) is 10.1 Å². The lowest BCUT2D eigenvalue weighted by molar-refractivity contribution is 0.210. The maximum absolute atomic E-state index is 13.6. The van der Waals surface area contributed by atoms with E-state index >= 15 is 0 Å². The smallest absolute Gasteiger partial charge is 0.143 e. The van der Waals surface area contributed by atoms with E-state index in [1.165, 1.54) is 0 Å². The SMILES string of the molecule is Cc1ccc2c(c1)OC(c1ccc(C)c(F)c1)CN2. The lowest BCUT2D eigenvalue weighted by Crippen LogP contribution is -2.23. The van der Waals surface area contributed by atoms with Crippen molar-refractivity contribution in [3.8, 4) is 5.75 Å². The summed E-state index contributed by atoms with van der Waals surface area (Å²) in [4.78, 5) is 0. The minimum Gasteiger partial charge on any atom is -0.482 e. The van der Waals surface area contributed by atoms with Crippen molar-refractivity contribution in [2.24, 2.45) is 0 Å². The zero-order valence-electron chi connectivity index (χ0n) is 11.0. The molecule has 1 atom stereocenters. The number of rotatable bonds is 1. The fraction of sp³-hybridized carbons (Fsp3) is 0.250. The van der Waals surface area contributed by atoms with Crippen LogP contribution in [0.2, 0.25) is 0 Å². The van der Waals surface area contributed by atoms with E-state index in [0.29, 0.717) is 12.1 Å². The Morgan fingerprint density at radius 2 is 2.00 bits per heavy atom. The lowest BCUT2D eigenvalue weighted by atomic mass is 10.0. The molecule has 0 saturated carbocycles. The third kappa shape index (κ3) is 2.28. The molecule has 98 valence electrons. The highest BCUT2D eigenvalue weighted by Crippen LogP contribution is 2.35. The van der Waals surface area contributed by atoms with Crippen LogP contribution in [0.15, 0.2) is 36.4 Å². The number of halogens is 1. The van der Waals surface area contributed by atoms with Gasteiger partial charge >= 0.3 is 0 Å². The molecule has 1 aliphatic rings. The Labute approximate surface area is 112 Å². The van der Waals surface area contributed by atoms with Crippen molar-refractivity contribution in [3.63, 3.8) is 0 Å². The average molecular weight is 257 g/mol. The number of hydrogen-bond donors (Lipinski definition) is 1. The second-order valence-electron chi connectivity index (χ2n) is 5.00. The molecule has 0 fully saturated rings. The molecule has 1 unspecified atom stereocenters. The second-order valence-corrected chi connectivity index (χ2v) is 5.00. The molecule has 1 aliphatic heterocycles. The van der Waals surface area contributed by atoms with E-state index in [-0.39, 0.29) is 11.9 Å². The van der Waals surface area contributed by atoms with Gasteiger partial charge in [0, 0.05) is 0 Å². The first-order valence-electron chi connectivity index (χ1n) is 6.41. The summed E-state index contributed by atoms with van der Waals surface area (Å²) in [6.45, 7) is 4.44. The molecule has 0 amide bonds. The third-order valence-corrected chi connectivity index (χ3v) is 3.45. The first-order chi connectivity index (χ1) is 9.13. The summed E-state index contributed by atoms with van der Waals surface area (Å²) in [5, 5.41) is 3.33. The van der Waals surface area contributed by atoms with Gasteiger partial charge in [-0.15, -0.1) is 0 Å². The molecule has 3 rings (SSSR count). The van der Waals surface area contributed by atoms with Crippen LogP contribution in [0, 0.1) is 19.7 Å². The van der Waals surface area contributed by atoms with Crippen molar-refractivity contribution in [1.29, 1.82) is 0 Å². The molecule has 2 nitrogen and oxygen atoms in total. The maximum atomic E-state index is 13.6. The molecule has 0 aliphatic carbocycles. The van der Waals surface area contributed by atoms with Gasteiger partial charge in [0.1, 0.15) is 17.7 Å². The van der Waals surface area contributed by atoms with Crippen LogP contribution in [-0.4, -0.2) is 6.54 Å². The number of nitrogens with one attached hydrogen (secondary N) is 1. The minimum absolute atomic E-state index is 0.149. The Morgan fingerprint density at radius 1 is 1.16 bits per heavy atom. The largest absolute Gasteiger partial charge is 0.482 e. The molecule has 2 aromatic rings. The Kier molecular flexibility index (Phi) is 2.90. The quantitative estimate of drug-likeness (QED) is 0.834. The molecule has 3 heteroatoms. The molecule has 0 bridgehead atoms. The highest BCUT2D eigenvalue weighted by molar-refractivity contribution is 5.59. The van der Waals surface area contributed by atoms with Gasteiger partial charge in [-0.2, -0.15) is 0 Å². The van der Waals surface area contributed by atoms with Gasteiger partial charge in [-0.05, 0) is 48.7 Å². The predicted octanol–water partition coefficient (Wildman–Crippen LogP) is 3.99. The van der Waals surface area contributed by atoms with Crippen molar-refractivity contribution in [2.75, 3.05) is 11.9 Å². The van der Waals surface area contributed by atoms with Crippen LogP contribution in [0.3, 0.4) is 0 Å². The molecule has 0 saturated heterocycles. The Bertz CT molecular complexity index is 624. The number of anilines is 1. The van der Waals surface area contributed by atoms with E-state index in [4.69, 9.17) is 4.74 Å². The summed E-state index contributed by atoms with van der Waals surface area (Å²) >= 11 is 0. The molecule has 1 N–H and O–H groups in total. The normalized spacial score (nSPS) is 17.3. The van der Waals surface area contributed by atoms with Gasteiger partial charge in [-0.3, -0.25) is 0 Å². The summed E-state index contributed by atoms with van der Waals surface area (Å²) in [6.07, 6.45) is -0.149. The third-order valence-electron chi connectivity index (χ3n) is 3.45. The van der Waals surface area contributed by atoms with Gasteiger partial charge in [0.25, 0.3) is 0 Å². The highest BCUT2D eigenvalue weighted by Gasteiger charge is 2.21. The van der Waals surface area contributed by atoms with E-state index in [1.807, 2.05) is 31.2 Å². The van der Waals surface area contributed by atoms with Crippen LogP contribution < -0.4 is 10.1 Å². The van der Waals surface area contributed by atoms with E-state index < -0.39 is 0 Å². The van der Waals surface area contributed by atoms with Crippen molar-refractivity contribution in [3.05, 3.63) is 58.9 Å². The molecule has 0 aromatic heterocycles. The van der Waals surface area contributed by atoms with Gasteiger partial charge in [-0.1, -0.05) is 18.2 Å². The molecule has 2 aromatic carbocycles. The molecule has 19 heavy (non-hydrogen) atoms. The standard InChI is InChI=1S/C16H16FNO/c1-10-3-6-14-15(7-10)19-16(9-18-14)12-5-4-11(2)13(17)8-12/h3-8,16,18H,9H2,1-2H3. The predicted molar refractivity (Wildman–Crippen MR) is 74.2 cm³/mol. The topological polar surface area (TPSA) is 21.3 Å². The fourth-order valence-electron chi connectivity index (χ4n) is 2.27. The van der Waals surface area contributed by atoms with Gasteiger partial charge in [0.15, 0.2) is 0 Å². The van der Waals surface area contributed by atoms with Crippen LogP contribution in [-0.2, 0) is 0 Å². The van der Waals surface area contributed by atoms with E-state index in [2.05, 4.69) is 5.32 Å². The number of fused-ring (bicyclic) bond motifs is 1. The van der Waals surface area contributed by atoms with E-state index in [1.54, 1.807) is 19.1 Å². The summed E-state index contributed by atoms with van der Waals surface area (Å²) in [5.41, 5.74) is 3.66. The fourth-order valence-corrected chi connectivity index (χ4v) is 2.27. The monoisotopic (exact) mass is 257 g/mol. The van der Waals surface area contributed by atoms with Gasteiger partial charge in [0.05, 0.1) is 12.2 Å². The second kappa shape index (κ2) is 4.57. The molecular formula is C16H16FNO. The zero-order valence-corrected chi connectivity index (χ0v) is 11.0. The number of aryl methyl sites for hydroxylation is 2.